The fourth-order valence-corrected chi connectivity index (χ4v) is 3.79. The summed E-state index contributed by atoms with van der Waals surface area (Å²) in [5, 5.41) is 3.42. The van der Waals surface area contributed by atoms with Gasteiger partial charge in [0.05, 0.1) is 12.1 Å². The van der Waals surface area contributed by atoms with Crippen molar-refractivity contribution in [2.45, 2.75) is 6.54 Å². The van der Waals surface area contributed by atoms with Gasteiger partial charge in [-0.2, -0.15) is 0 Å². The molecule has 2 aromatic carbocycles. The Bertz CT molecular complexity index is 987. The Labute approximate surface area is 163 Å². The first-order valence-corrected chi connectivity index (χ1v) is 9.11. The number of benzene rings is 2. The minimum atomic E-state index is -0.721. The second-order valence-corrected chi connectivity index (χ2v) is 7.02. The van der Waals surface area contributed by atoms with Crippen LogP contribution in [0.3, 0.4) is 0 Å². The van der Waals surface area contributed by atoms with Crippen LogP contribution in [0.25, 0.3) is 10.1 Å². The van der Waals surface area contributed by atoms with E-state index in [1.807, 2.05) is 12.1 Å². The van der Waals surface area contributed by atoms with Gasteiger partial charge in [0.15, 0.2) is 6.61 Å². The molecule has 3 rings (SSSR count). The average molecular weight is 408 g/mol. The molecule has 0 bridgehead atoms. The summed E-state index contributed by atoms with van der Waals surface area (Å²) in [6.45, 7) is -0.142. The predicted octanol–water partition coefficient (Wildman–Crippen LogP) is 4.18. The standard InChI is InChI=1S/C19H15ClFNO4S/c1-25-13-5-2-11(3-6-13)9-22-16(23)10-26-19(24)18-17(20)14-7-4-12(21)8-15(14)27-18/h2-8H,9-10H2,1H3,(H,22,23). The zero-order chi connectivity index (χ0) is 19.4. The molecule has 1 aromatic heterocycles. The first-order valence-electron chi connectivity index (χ1n) is 7.92. The molecule has 140 valence electrons. The number of thiophene rings is 1. The van der Waals surface area contributed by atoms with Crippen LogP contribution in [-0.2, 0) is 16.1 Å². The van der Waals surface area contributed by atoms with Gasteiger partial charge < -0.3 is 14.8 Å². The molecule has 1 N–H and O–H groups in total. The third kappa shape index (κ3) is 4.56. The van der Waals surface area contributed by atoms with Gasteiger partial charge in [0, 0.05) is 16.6 Å². The number of hydrogen-bond acceptors (Lipinski definition) is 5. The average Bonchev–Trinajstić information content (AvgIpc) is 3.00. The molecule has 27 heavy (non-hydrogen) atoms. The number of ether oxygens (including phenoxy) is 2. The number of fused-ring (bicyclic) bond motifs is 1. The third-order valence-electron chi connectivity index (χ3n) is 3.76. The van der Waals surface area contributed by atoms with E-state index in [2.05, 4.69) is 5.32 Å². The van der Waals surface area contributed by atoms with Gasteiger partial charge in [0.1, 0.15) is 16.4 Å². The quantitative estimate of drug-likeness (QED) is 0.623. The molecular weight excluding hydrogens is 393 g/mol. The third-order valence-corrected chi connectivity index (χ3v) is 5.40. The predicted molar refractivity (Wildman–Crippen MR) is 102 cm³/mol. The molecule has 0 aliphatic heterocycles. The first-order chi connectivity index (χ1) is 13.0. The van der Waals surface area contributed by atoms with E-state index < -0.39 is 24.3 Å². The lowest BCUT2D eigenvalue weighted by molar-refractivity contribution is -0.124. The van der Waals surface area contributed by atoms with Crippen molar-refractivity contribution in [1.82, 2.24) is 5.32 Å². The normalized spacial score (nSPS) is 10.6. The summed E-state index contributed by atoms with van der Waals surface area (Å²) < 4.78 is 23.9. The maximum absolute atomic E-state index is 13.3. The monoisotopic (exact) mass is 407 g/mol. The molecule has 8 heteroatoms. The fourth-order valence-electron chi connectivity index (χ4n) is 2.36. The van der Waals surface area contributed by atoms with Gasteiger partial charge in [-0.15, -0.1) is 11.3 Å². The van der Waals surface area contributed by atoms with E-state index in [0.29, 0.717) is 16.6 Å². The zero-order valence-electron chi connectivity index (χ0n) is 14.3. The Morgan fingerprint density at radius 2 is 1.93 bits per heavy atom. The Morgan fingerprint density at radius 1 is 1.19 bits per heavy atom. The van der Waals surface area contributed by atoms with Crippen LogP contribution in [0.15, 0.2) is 42.5 Å². The Morgan fingerprint density at radius 3 is 2.63 bits per heavy atom. The second-order valence-electron chi connectivity index (χ2n) is 5.59. The highest BCUT2D eigenvalue weighted by Gasteiger charge is 2.19. The lowest BCUT2D eigenvalue weighted by Gasteiger charge is -2.07. The summed E-state index contributed by atoms with van der Waals surface area (Å²) in [4.78, 5) is 24.2. The van der Waals surface area contributed by atoms with Crippen molar-refractivity contribution < 1.29 is 23.5 Å². The topological polar surface area (TPSA) is 64.6 Å². The molecular formula is C19H15ClFNO4S. The van der Waals surface area contributed by atoms with Crippen LogP contribution in [0.5, 0.6) is 5.75 Å². The highest BCUT2D eigenvalue weighted by molar-refractivity contribution is 7.21. The summed E-state index contributed by atoms with van der Waals surface area (Å²) in [5.41, 5.74) is 0.880. The summed E-state index contributed by atoms with van der Waals surface area (Å²) in [6.07, 6.45) is 0. The van der Waals surface area contributed by atoms with Crippen LogP contribution in [0, 0.1) is 5.82 Å². The van der Waals surface area contributed by atoms with E-state index in [-0.39, 0.29) is 9.90 Å². The zero-order valence-corrected chi connectivity index (χ0v) is 15.8. The summed E-state index contributed by atoms with van der Waals surface area (Å²) in [6, 6.07) is 11.3. The maximum Gasteiger partial charge on any atom is 0.350 e. The smallest absolute Gasteiger partial charge is 0.350 e. The summed E-state index contributed by atoms with van der Waals surface area (Å²) >= 11 is 7.18. The molecule has 0 fully saturated rings. The van der Waals surface area contributed by atoms with Gasteiger partial charge in [-0.1, -0.05) is 23.7 Å². The van der Waals surface area contributed by atoms with Crippen molar-refractivity contribution in [3.8, 4) is 5.75 Å². The van der Waals surface area contributed by atoms with Gasteiger partial charge in [-0.3, -0.25) is 4.79 Å². The van der Waals surface area contributed by atoms with E-state index in [1.54, 1.807) is 19.2 Å². The molecule has 3 aromatic rings. The molecule has 1 heterocycles. The first kappa shape index (κ1) is 19.1. The van der Waals surface area contributed by atoms with Crippen molar-refractivity contribution in [2.75, 3.05) is 13.7 Å². The minimum absolute atomic E-state index is 0.139. The molecule has 1 amide bonds. The van der Waals surface area contributed by atoms with Crippen molar-refractivity contribution in [3.63, 3.8) is 0 Å². The lowest BCUT2D eigenvalue weighted by atomic mass is 10.2. The Balaban J connectivity index is 1.55. The van der Waals surface area contributed by atoms with Crippen LogP contribution in [0.2, 0.25) is 5.02 Å². The maximum atomic E-state index is 13.3. The fraction of sp³-hybridized carbons (Fsp3) is 0.158. The van der Waals surface area contributed by atoms with E-state index in [4.69, 9.17) is 21.1 Å². The van der Waals surface area contributed by atoms with Crippen molar-refractivity contribution >= 4 is 44.9 Å². The largest absolute Gasteiger partial charge is 0.497 e. The second kappa shape index (κ2) is 8.37. The van der Waals surface area contributed by atoms with E-state index in [9.17, 15) is 14.0 Å². The number of carbonyl (C=O) groups excluding carboxylic acids is 2. The van der Waals surface area contributed by atoms with E-state index >= 15 is 0 Å². The molecule has 0 saturated heterocycles. The van der Waals surface area contributed by atoms with Gasteiger partial charge in [-0.05, 0) is 35.9 Å². The van der Waals surface area contributed by atoms with Crippen molar-refractivity contribution in [1.29, 1.82) is 0 Å². The van der Waals surface area contributed by atoms with Crippen LogP contribution in [0.4, 0.5) is 4.39 Å². The van der Waals surface area contributed by atoms with Crippen molar-refractivity contribution in [3.05, 3.63) is 63.7 Å². The number of halogens is 2. The molecule has 0 radical (unpaired) electrons. The SMILES string of the molecule is COc1ccc(CNC(=O)COC(=O)c2sc3cc(F)ccc3c2Cl)cc1. The molecule has 0 unspecified atom stereocenters. The van der Waals surface area contributed by atoms with Gasteiger partial charge >= 0.3 is 5.97 Å². The highest BCUT2D eigenvalue weighted by atomic mass is 35.5. The Hall–Kier alpha value is -2.64. The highest BCUT2D eigenvalue weighted by Crippen LogP contribution is 2.36. The Kier molecular flexibility index (Phi) is 5.93. The molecule has 5 nitrogen and oxygen atoms in total. The van der Waals surface area contributed by atoms with Crippen LogP contribution in [-0.4, -0.2) is 25.6 Å². The van der Waals surface area contributed by atoms with Crippen LogP contribution in [0.1, 0.15) is 15.2 Å². The van der Waals surface area contributed by atoms with E-state index in [1.165, 1.54) is 18.2 Å². The molecule has 0 atom stereocenters. The molecule has 0 saturated carbocycles. The van der Waals surface area contributed by atoms with Crippen LogP contribution >= 0.6 is 22.9 Å². The number of hydrogen-bond donors (Lipinski definition) is 1. The number of carbonyl (C=O) groups is 2. The minimum Gasteiger partial charge on any atom is -0.497 e. The molecule has 0 spiro atoms. The van der Waals surface area contributed by atoms with Gasteiger partial charge in [0.25, 0.3) is 5.91 Å². The number of amides is 1. The van der Waals surface area contributed by atoms with Gasteiger partial charge in [0.2, 0.25) is 0 Å². The van der Waals surface area contributed by atoms with Gasteiger partial charge in [-0.25, -0.2) is 9.18 Å². The van der Waals surface area contributed by atoms with Crippen molar-refractivity contribution in [2.24, 2.45) is 0 Å². The van der Waals surface area contributed by atoms with E-state index in [0.717, 1.165) is 22.6 Å². The number of esters is 1. The lowest BCUT2D eigenvalue weighted by Crippen LogP contribution is -2.28. The number of methoxy groups -OCH3 is 1. The number of rotatable bonds is 6. The number of nitrogens with one attached hydrogen (secondary N) is 1. The van der Waals surface area contributed by atoms with Crippen LogP contribution < -0.4 is 10.1 Å². The summed E-state index contributed by atoms with van der Waals surface area (Å²) in [5.74, 6) is -0.860. The summed E-state index contributed by atoms with van der Waals surface area (Å²) in [7, 11) is 1.57. The molecule has 0 aliphatic rings. The molecule has 0 aliphatic carbocycles.